The van der Waals surface area contributed by atoms with E-state index in [1.807, 2.05) is 0 Å². The van der Waals surface area contributed by atoms with Gasteiger partial charge >= 0.3 is 23.9 Å². The van der Waals surface area contributed by atoms with Gasteiger partial charge < -0.3 is 24.8 Å². The van der Waals surface area contributed by atoms with Crippen molar-refractivity contribution in [3.05, 3.63) is 0 Å². The molecule has 0 spiro atoms. The van der Waals surface area contributed by atoms with E-state index >= 15 is 0 Å². The third-order valence-corrected chi connectivity index (χ3v) is 1.97. The molecule has 108 valence electrons. The molecule has 0 rings (SSSR count). The van der Waals surface area contributed by atoms with Crippen molar-refractivity contribution in [2.24, 2.45) is 5.73 Å². The molecule has 0 saturated carbocycles. The van der Waals surface area contributed by atoms with Gasteiger partial charge in [0.1, 0.15) is 0 Å². The number of hydrogen-bond donors (Lipinski definition) is 4. The number of carboxylic acids is 2. The van der Waals surface area contributed by atoms with E-state index in [2.05, 4.69) is 9.47 Å². The van der Waals surface area contributed by atoms with Crippen LogP contribution in [0.5, 0.6) is 0 Å². The van der Waals surface area contributed by atoms with Gasteiger partial charge in [-0.05, 0) is 0 Å². The fraction of sp³-hybridized carbons (Fsp3) is 0.556. The van der Waals surface area contributed by atoms with Gasteiger partial charge in [0.2, 0.25) is 6.23 Å². The number of esters is 2. The molecule has 0 bridgehead atoms. The second-order valence-electron chi connectivity index (χ2n) is 3.52. The lowest BCUT2D eigenvalue weighted by Crippen LogP contribution is -2.45. The van der Waals surface area contributed by atoms with Crippen LogP contribution >= 0.6 is 0 Å². The van der Waals surface area contributed by atoms with E-state index in [9.17, 15) is 24.3 Å². The minimum Gasteiger partial charge on any atom is -0.481 e. The summed E-state index contributed by atoms with van der Waals surface area (Å²) in [5, 5.41) is 26.6. The van der Waals surface area contributed by atoms with E-state index in [0.717, 1.165) is 7.11 Å². The molecule has 0 aliphatic carbocycles. The van der Waals surface area contributed by atoms with Gasteiger partial charge in [0.15, 0.2) is 5.60 Å². The largest absolute Gasteiger partial charge is 0.481 e. The second kappa shape index (κ2) is 6.66. The molecule has 2 unspecified atom stereocenters. The van der Waals surface area contributed by atoms with Crippen LogP contribution in [0.2, 0.25) is 0 Å². The molecule has 10 nitrogen and oxygen atoms in total. The average molecular weight is 279 g/mol. The fourth-order valence-corrected chi connectivity index (χ4v) is 1.05. The number of carboxylic acid groups (broad SMARTS) is 2. The van der Waals surface area contributed by atoms with Gasteiger partial charge in [0, 0.05) is 0 Å². The van der Waals surface area contributed by atoms with E-state index in [-0.39, 0.29) is 0 Å². The van der Waals surface area contributed by atoms with Gasteiger partial charge in [0.05, 0.1) is 20.0 Å². The van der Waals surface area contributed by atoms with Crippen LogP contribution in [0.3, 0.4) is 0 Å². The summed E-state index contributed by atoms with van der Waals surface area (Å²) in [6.07, 6.45) is -4.19. The topological polar surface area (TPSA) is 173 Å². The summed E-state index contributed by atoms with van der Waals surface area (Å²) in [4.78, 5) is 43.2. The van der Waals surface area contributed by atoms with Crippen molar-refractivity contribution in [2.45, 2.75) is 24.7 Å². The lowest BCUT2D eigenvalue weighted by atomic mass is 9.96. The molecule has 0 saturated heterocycles. The Morgan fingerprint density at radius 3 is 2.11 bits per heavy atom. The summed E-state index contributed by atoms with van der Waals surface area (Å²) >= 11 is 0. The number of aliphatic carboxylic acids is 2. The molecule has 0 aromatic heterocycles. The van der Waals surface area contributed by atoms with Crippen LogP contribution in [0.25, 0.3) is 0 Å². The molecule has 0 aromatic rings. The van der Waals surface area contributed by atoms with Crippen molar-refractivity contribution >= 4 is 23.9 Å². The highest BCUT2D eigenvalue weighted by Crippen LogP contribution is 2.17. The Kier molecular flexibility index (Phi) is 5.89. The first-order valence-corrected chi connectivity index (χ1v) is 4.83. The molecule has 0 heterocycles. The molecule has 5 N–H and O–H groups in total. The normalized spacial score (nSPS) is 14.9. The number of aliphatic hydroxyl groups is 1. The van der Waals surface area contributed by atoms with Gasteiger partial charge in [-0.1, -0.05) is 0 Å². The Hall–Kier alpha value is -2.20. The zero-order valence-electron chi connectivity index (χ0n) is 9.86. The van der Waals surface area contributed by atoms with E-state index < -0.39 is 48.5 Å². The Morgan fingerprint density at radius 2 is 1.74 bits per heavy atom. The maximum atomic E-state index is 11.2. The van der Waals surface area contributed by atoms with E-state index in [1.54, 1.807) is 0 Å². The number of rotatable bonds is 7. The molecule has 19 heavy (non-hydrogen) atoms. The highest BCUT2D eigenvalue weighted by Gasteiger charge is 2.42. The summed E-state index contributed by atoms with van der Waals surface area (Å²) < 4.78 is 8.42. The van der Waals surface area contributed by atoms with Crippen molar-refractivity contribution in [1.82, 2.24) is 0 Å². The lowest BCUT2D eigenvalue weighted by molar-refractivity contribution is -0.177. The van der Waals surface area contributed by atoms with Crippen molar-refractivity contribution < 1.29 is 44.0 Å². The van der Waals surface area contributed by atoms with Crippen molar-refractivity contribution in [3.8, 4) is 0 Å². The summed E-state index contributed by atoms with van der Waals surface area (Å²) in [6.45, 7) is 0. The van der Waals surface area contributed by atoms with Crippen LogP contribution in [0.15, 0.2) is 0 Å². The maximum Gasteiger partial charge on any atom is 0.362 e. The number of carbonyl (C=O) groups is 4. The fourth-order valence-electron chi connectivity index (χ4n) is 1.05. The predicted octanol–water partition coefficient (Wildman–Crippen LogP) is -2.33. The smallest absolute Gasteiger partial charge is 0.362 e. The van der Waals surface area contributed by atoms with Gasteiger partial charge in [-0.3, -0.25) is 15.3 Å². The summed E-state index contributed by atoms with van der Waals surface area (Å²) in [5.74, 6) is -6.00. The summed E-state index contributed by atoms with van der Waals surface area (Å²) in [5.41, 5.74) is 2.21. The number of methoxy groups -OCH3 is 1. The number of nitrogens with two attached hydrogens (primary N) is 1. The molecule has 0 radical (unpaired) electrons. The monoisotopic (exact) mass is 279 g/mol. The molecular formula is C9H13NO9. The van der Waals surface area contributed by atoms with Gasteiger partial charge in [0.25, 0.3) is 0 Å². The van der Waals surface area contributed by atoms with E-state index in [4.69, 9.17) is 15.9 Å². The van der Waals surface area contributed by atoms with E-state index in [0.29, 0.717) is 0 Å². The Balaban J connectivity index is 4.70. The van der Waals surface area contributed by atoms with Crippen LogP contribution in [0.1, 0.15) is 12.8 Å². The average Bonchev–Trinajstić information content (AvgIpc) is 2.25. The summed E-state index contributed by atoms with van der Waals surface area (Å²) in [7, 11) is 0.980. The molecule has 0 fully saturated rings. The van der Waals surface area contributed by atoms with Gasteiger partial charge in [-0.15, -0.1) is 0 Å². The minimum atomic E-state index is -2.85. The second-order valence-corrected chi connectivity index (χ2v) is 3.52. The zero-order chi connectivity index (χ0) is 15.2. The van der Waals surface area contributed by atoms with Crippen LogP contribution < -0.4 is 5.73 Å². The van der Waals surface area contributed by atoms with Crippen LogP contribution in [-0.2, 0) is 28.7 Å². The van der Waals surface area contributed by atoms with Crippen LogP contribution in [-0.4, -0.2) is 58.1 Å². The Labute approximate surface area is 106 Å². The Morgan fingerprint density at radius 1 is 1.21 bits per heavy atom. The third-order valence-electron chi connectivity index (χ3n) is 1.97. The SMILES string of the molecule is COC(=O)C(N)OC(=O)CC(O)(CC(=O)O)C(=O)O. The Bertz CT molecular complexity index is 393. The highest BCUT2D eigenvalue weighted by atomic mass is 16.6. The third kappa shape index (κ3) is 5.31. The molecular weight excluding hydrogens is 266 g/mol. The first-order valence-electron chi connectivity index (χ1n) is 4.83. The first-order chi connectivity index (χ1) is 8.62. The number of carbonyl (C=O) groups excluding carboxylic acids is 2. The summed E-state index contributed by atoms with van der Waals surface area (Å²) in [6, 6.07) is 0. The van der Waals surface area contributed by atoms with Crippen molar-refractivity contribution in [2.75, 3.05) is 7.11 Å². The lowest BCUT2D eigenvalue weighted by Gasteiger charge is -2.21. The highest BCUT2D eigenvalue weighted by molar-refractivity contribution is 5.89. The van der Waals surface area contributed by atoms with Crippen molar-refractivity contribution in [3.63, 3.8) is 0 Å². The van der Waals surface area contributed by atoms with Gasteiger partial charge in [-0.25, -0.2) is 9.59 Å². The zero-order valence-corrected chi connectivity index (χ0v) is 9.86. The van der Waals surface area contributed by atoms with E-state index in [1.165, 1.54) is 0 Å². The number of hydrogen-bond acceptors (Lipinski definition) is 8. The molecule has 0 aliphatic heterocycles. The predicted molar refractivity (Wildman–Crippen MR) is 55.5 cm³/mol. The van der Waals surface area contributed by atoms with Crippen LogP contribution in [0, 0.1) is 0 Å². The quantitative estimate of drug-likeness (QED) is 0.292. The first kappa shape index (κ1) is 16.8. The molecule has 2 atom stereocenters. The maximum absolute atomic E-state index is 11.2. The standard InChI is InChI=1S/C9H13NO9/c1-18-7(14)6(10)19-5(13)3-9(17,8(15)16)2-4(11)12/h6,17H,2-3,10H2,1H3,(H,11,12)(H,15,16). The molecule has 0 aromatic carbocycles. The minimum absolute atomic E-state index is 0.980. The molecule has 0 amide bonds. The van der Waals surface area contributed by atoms with Crippen molar-refractivity contribution in [1.29, 1.82) is 0 Å². The molecule has 10 heteroatoms. The van der Waals surface area contributed by atoms with Gasteiger partial charge in [-0.2, -0.15) is 0 Å². The number of ether oxygens (including phenoxy) is 2. The molecule has 0 aliphatic rings. The van der Waals surface area contributed by atoms with Crippen LogP contribution in [0.4, 0.5) is 0 Å².